The summed E-state index contributed by atoms with van der Waals surface area (Å²) in [4.78, 5) is 74.7. The van der Waals surface area contributed by atoms with Gasteiger partial charge in [0.05, 0.1) is 30.0 Å². The standard InChI is InChI=1S/C50H63N7O7/c1-10-42(58)52-39-26-36(39)47(60)55(8)44(29(3)4)46(59)53-40-24-31-15-12-16-32(23-31)33-19-20-41-35(25-33)37(45(56(41)11-2)34-17-13-21-51-43(34)30(5)63-9)27-50(6,7)28-64-49(62)38-18-14-22-57(54-38)48(40)61/h10,12-13,15-17,19-21,23,25,29-30,36,38-40,44,54H,1,11,14,18,22,24,26-28H2,2-9H3,(H,52,58)(H,53,59)/t30-,36-,38-,39+,40-,44-/m0/s1. The lowest BCUT2D eigenvalue weighted by atomic mass is 9.84. The fourth-order valence-corrected chi connectivity index (χ4v) is 9.44. The molecule has 4 heterocycles. The van der Waals surface area contributed by atoms with Gasteiger partial charge in [0, 0.05) is 67.8 Å². The van der Waals surface area contributed by atoms with Crippen LogP contribution in [-0.4, -0.2) is 101 Å². The Balaban J connectivity index is 1.29. The average molecular weight is 874 g/mol. The molecule has 0 unspecified atom stereocenters. The number of aromatic nitrogens is 2. The van der Waals surface area contributed by atoms with Gasteiger partial charge in [-0.05, 0) is 98.0 Å². The molecule has 1 saturated heterocycles. The molecule has 2 aromatic carbocycles. The molecule has 14 heteroatoms. The lowest BCUT2D eigenvalue weighted by Crippen LogP contribution is -2.62. The van der Waals surface area contributed by atoms with E-state index >= 15 is 0 Å². The van der Waals surface area contributed by atoms with Crippen molar-refractivity contribution in [2.45, 2.75) is 110 Å². The first-order valence-electron chi connectivity index (χ1n) is 22.5. The van der Waals surface area contributed by atoms with Crippen molar-refractivity contribution in [3.8, 4) is 22.4 Å². The van der Waals surface area contributed by atoms with E-state index < -0.39 is 47.2 Å². The van der Waals surface area contributed by atoms with Gasteiger partial charge in [-0.2, -0.15) is 0 Å². The molecular weight excluding hydrogens is 811 g/mol. The molecule has 2 aromatic heterocycles. The normalized spacial score (nSPS) is 21.9. The molecule has 7 rings (SSSR count). The molecule has 4 aromatic rings. The van der Waals surface area contributed by atoms with Crippen molar-refractivity contribution < 1.29 is 33.4 Å². The number of cyclic esters (lactones) is 1. The Morgan fingerprint density at radius 3 is 2.56 bits per heavy atom. The molecule has 4 amide bonds. The van der Waals surface area contributed by atoms with Crippen LogP contribution in [0.2, 0.25) is 0 Å². The van der Waals surface area contributed by atoms with Crippen LogP contribution in [0, 0.1) is 17.3 Å². The molecule has 14 nitrogen and oxygen atoms in total. The maximum atomic E-state index is 14.6. The number of rotatable bonds is 11. The molecule has 64 heavy (non-hydrogen) atoms. The highest BCUT2D eigenvalue weighted by molar-refractivity contribution is 5.96. The number of carbonyl (C=O) groups excluding carboxylic acids is 5. The minimum atomic E-state index is -1.05. The molecule has 2 fully saturated rings. The van der Waals surface area contributed by atoms with Crippen molar-refractivity contribution in [3.63, 3.8) is 0 Å². The Bertz CT molecular complexity index is 2440. The van der Waals surface area contributed by atoms with E-state index in [0.717, 1.165) is 50.1 Å². The van der Waals surface area contributed by atoms with E-state index in [-0.39, 0.29) is 42.9 Å². The van der Waals surface area contributed by atoms with Crippen LogP contribution in [0.25, 0.3) is 33.3 Å². The molecule has 1 aliphatic carbocycles. The number of amides is 4. The maximum Gasteiger partial charge on any atom is 0.324 e. The summed E-state index contributed by atoms with van der Waals surface area (Å²) in [6.07, 6.45) is 4.92. The molecule has 340 valence electrons. The maximum absolute atomic E-state index is 14.6. The third-order valence-corrected chi connectivity index (χ3v) is 12.9. The molecule has 6 bridgehead atoms. The average Bonchev–Trinajstić information content (AvgIpc) is 3.99. The molecule has 3 aliphatic rings. The predicted octanol–water partition coefficient (Wildman–Crippen LogP) is 5.92. The number of pyridine rings is 1. The summed E-state index contributed by atoms with van der Waals surface area (Å²) < 4.78 is 14.3. The van der Waals surface area contributed by atoms with Crippen LogP contribution in [0.3, 0.4) is 0 Å². The van der Waals surface area contributed by atoms with Crippen LogP contribution >= 0.6 is 0 Å². The third-order valence-electron chi connectivity index (χ3n) is 12.9. The summed E-state index contributed by atoms with van der Waals surface area (Å²) in [6, 6.07) is 15.5. The van der Waals surface area contributed by atoms with E-state index in [2.05, 4.69) is 78.3 Å². The zero-order chi connectivity index (χ0) is 46.0. The summed E-state index contributed by atoms with van der Waals surface area (Å²) in [5.41, 5.74) is 10.4. The molecule has 6 atom stereocenters. The van der Waals surface area contributed by atoms with Gasteiger partial charge in [-0.3, -0.25) is 34.0 Å². The number of nitrogens with zero attached hydrogens (tertiary/aromatic N) is 4. The van der Waals surface area contributed by atoms with Gasteiger partial charge in [-0.1, -0.05) is 64.6 Å². The summed E-state index contributed by atoms with van der Waals surface area (Å²) in [6.45, 7) is 16.7. The van der Waals surface area contributed by atoms with Crippen LogP contribution in [0.15, 0.2) is 73.4 Å². The Hall–Kier alpha value is -5.86. The number of fused-ring (bicyclic) bond motifs is 6. The van der Waals surface area contributed by atoms with E-state index in [4.69, 9.17) is 14.5 Å². The van der Waals surface area contributed by atoms with Crippen molar-refractivity contribution >= 4 is 40.5 Å². The Morgan fingerprint density at radius 2 is 1.84 bits per heavy atom. The van der Waals surface area contributed by atoms with Crippen molar-refractivity contribution in [2.24, 2.45) is 17.3 Å². The highest BCUT2D eigenvalue weighted by Gasteiger charge is 2.47. The second-order valence-corrected chi connectivity index (χ2v) is 18.6. The van der Waals surface area contributed by atoms with Gasteiger partial charge in [-0.15, -0.1) is 0 Å². The summed E-state index contributed by atoms with van der Waals surface area (Å²) >= 11 is 0. The first-order valence-corrected chi connectivity index (χ1v) is 22.5. The number of methoxy groups -OCH3 is 1. The van der Waals surface area contributed by atoms with E-state index in [1.165, 1.54) is 16.0 Å². The molecule has 0 radical (unpaired) electrons. The number of ether oxygens (including phenoxy) is 2. The molecule has 0 spiro atoms. The number of hydrogen-bond donors (Lipinski definition) is 3. The number of likely N-dealkylation sites (N-methyl/N-ethyl adjacent to an activating group) is 1. The second kappa shape index (κ2) is 19.1. The topological polar surface area (TPSA) is 164 Å². The van der Waals surface area contributed by atoms with Crippen LogP contribution in [-0.2, 0) is 52.8 Å². The zero-order valence-electron chi connectivity index (χ0n) is 38.4. The highest BCUT2D eigenvalue weighted by Crippen LogP contribution is 2.42. The Kier molecular flexibility index (Phi) is 13.8. The van der Waals surface area contributed by atoms with Crippen LogP contribution in [0.1, 0.15) is 83.7 Å². The Labute approximate surface area is 376 Å². The van der Waals surface area contributed by atoms with Crippen molar-refractivity contribution in [2.75, 3.05) is 27.3 Å². The highest BCUT2D eigenvalue weighted by atomic mass is 16.5. The van der Waals surface area contributed by atoms with Crippen molar-refractivity contribution in [1.82, 2.24) is 35.5 Å². The number of hydrazine groups is 1. The van der Waals surface area contributed by atoms with Crippen molar-refractivity contribution in [1.29, 1.82) is 0 Å². The van der Waals surface area contributed by atoms with Crippen molar-refractivity contribution in [3.05, 3.63) is 90.3 Å². The largest absolute Gasteiger partial charge is 0.464 e. The van der Waals surface area contributed by atoms with Crippen LogP contribution in [0.4, 0.5) is 0 Å². The quantitative estimate of drug-likeness (QED) is 0.123. The van der Waals surface area contributed by atoms with Gasteiger partial charge in [0.1, 0.15) is 18.1 Å². The number of benzene rings is 2. The minimum absolute atomic E-state index is 0.135. The summed E-state index contributed by atoms with van der Waals surface area (Å²) in [5.74, 6) is -2.72. The first kappa shape index (κ1) is 46.1. The van der Waals surface area contributed by atoms with Gasteiger partial charge in [-0.25, -0.2) is 5.43 Å². The number of nitrogens with one attached hydrogen (secondary N) is 3. The van der Waals surface area contributed by atoms with Gasteiger partial charge in [0.15, 0.2) is 0 Å². The number of carbonyl (C=O) groups is 5. The first-order chi connectivity index (χ1) is 30.5. The van der Waals surface area contributed by atoms with E-state index in [9.17, 15) is 24.0 Å². The third kappa shape index (κ3) is 9.63. The minimum Gasteiger partial charge on any atom is -0.464 e. The van der Waals surface area contributed by atoms with Gasteiger partial charge in [0.2, 0.25) is 17.7 Å². The lowest BCUT2D eigenvalue weighted by Gasteiger charge is -2.36. The fraction of sp³-hybridized carbons (Fsp3) is 0.480. The molecule has 2 aliphatic heterocycles. The summed E-state index contributed by atoms with van der Waals surface area (Å²) in [7, 11) is 3.28. The zero-order valence-corrected chi connectivity index (χ0v) is 38.4. The van der Waals surface area contributed by atoms with E-state index in [1.54, 1.807) is 20.4 Å². The molecular formula is C50H63N7O7. The summed E-state index contributed by atoms with van der Waals surface area (Å²) in [5, 5.41) is 8.31. The van der Waals surface area contributed by atoms with Gasteiger partial charge < -0.3 is 29.6 Å². The fourth-order valence-electron chi connectivity index (χ4n) is 9.44. The monoisotopic (exact) mass is 873 g/mol. The number of aryl methyl sites for hydroxylation is 1. The Morgan fingerprint density at radius 1 is 1.08 bits per heavy atom. The van der Waals surface area contributed by atoms with E-state index in [0.29, 0.717) is 38.8 Å². The van der Waals surface area contributed by atoms with Crippen LogP contribution < -0.4 is 16.1 Å². The van der Waals surface area contributed by atoms with Gasteiger partial charge in [0.25, 0.3) is 5.91 Å². The van der Waals surface area contributed by atoms with E-state index in [1.807, 2.05) is 45.0 Å². The second-order valence-electron chi connectivity index (χ2n) is 18.6. The number of hydrogen-bond acceptors (Lipinski definition) is 9. The lowest BCUT2D eigenvalue weighted by molar-refractivity contribution is -0.155. The SMILES string of the molecule is C=CC(=O)N[C@@H]1C[C@@H]1C(=O)N(C)[C@H](C(=O)N[C@H]1Cc2cccc(c2)-c2ccc3c(c2)c(c(-c2cccnc2[C@H](C)OC)n3CC)CC(C)(C)COC(=O)[C@@H]2CCCN(N2)C1=O)C(C)C. The smallest absolute Gasteiger partial charge is 0.324 e. The molecule has 1 saturated carbocycles. The van der Waals surface area contributed by atoms with Crippen LogP contribution in [0.5, 0.6) is 0 Å². The predicted molar refractivity (Wildman–Crippen MR) is 245 cm³/mol. The molecule has 3 N–H and O–H groups in total. The van der Waals surface area contributed by atoms with Gasteiger partial charge >= 0.3 is 5.97 Å². The number of esters is 1.